The average molecular weight is 243 g/mol. The maximum absolute atomic E-state index is 12.6. The monoisotopic (exact) mass is 243 g/mol. The molecule has 0 aliphatic heterocycles. The van der Waals surface area contributed by atoms with Crippen molar-refractivity contribution in [3.63, 3.8) is 0 Å². The van der Waals surface area contributed by atoms with Crippen molar-refractivity contribution in [2.45, 2.75) is 52.7 Å². The zero-order chi connectivity index (χ0) is 12.8. The fourth-order valence-corrected chi connectivity index (χ4v) is 2.79. The summed E-state index contributed by atoms with van der Waals surface area (Å²) in [5.41, 5.74) is 2.50. The van der Waals surface area contributed by atoms with Gasteiger partial charge < -0.3 is 9.67 Å². The Morgan fingerprint density at radius 1 is 1.53 bits per heavy atom. The van der Waals surface area contributed by atoms with E-state index in [-0.39, 0.29) is 12.0 Å². The van der Waals surface area contributed by atoms with Gasteiger partial charge in [0.2, 0.25) is 0 Å². The molecule has 1 aliphatic carbocycles. The van der Waals surface area contributed by atoms with E-state index in [1.807, 2.05) is 13.0 Å². The SMILES string of the molecule is Cc1cc2c(n1CC(F)F)CC(C)(C)CC2O. The van der Waals surface area contributed by atoms with Gasteiger partial charge in [-0.15, -0.1) is 0 Å². The Balaban J connectivity index is 2.43. The first kappa shape index (κ1) is 12.6. The molecule has 96 valence electrons. The molecule has 2 nitrogen and oxygen atoms in total. The van der Waals surface area contributed by atoms with Gasteiger partial charge in [-0.25, -0.2) is 8.78 Å². The highest BCUT2D eigenvalue weighted by Crippen LogP contribution is 2.42. The van der Waals surface area contributed by atoms with E-state index in [0.29, 0.717) is 6.42 Å². The Morgan fingerprint density at radius 3 is 2.76 bits per heavy atom. The molecule has 0 spiro atoms. The third-order valence-corrected chi connectivity index (χ3v) is 3.52. The number of hydrogen-bond donors (Lipinski definition) is 1. The van der Waals surface area contributed by atoms with Gasteiger partial charge in [0.25, 0.3) is 6.43 Å². The third kappa shape index (κ3) is 2.37. The Hall–Kier alpha value is -0.900. The molecule has 1 N–H and O–H groups in total. The molecule has 0 aromatic carbocycles. The van der Waals surface area contributed by atoms with Gasteiger partial charge >= 0.3 is 0 Å². The zero-order valence-electron chi connectivity index (χ0n) is 10.5. The van der Waals surface area contributed by atoms with Crippen LogP contribution in [0.4, 0.5) is 8.78 Å². The van der Waals surface area contributed by atoms with Gasteiger partial charge in [-0.1, -0.05) is 13.8 Å². The third-order valence-electron chi connectivity index (χ3n) is 3.52. The highest BCUT2D eigenvalue weighted by Gasteiger charge is 2.34. The van der Waals surface area contributed by atoms with Crippen LogP contribution in [-0.2, 0) is 13.0 Å². The van der Waals surface area contributed by atoms with E-state index in [9.17, 15) is 13.9 Å². The van der Waals surface area contributed by atoms with Crippen molar-refractivity contribution >= 4 is 0 Å². The molecule has 0 amide bonds. The molecule has 0 saturated carbocycles. The predicted molar refractivity (Wildman–Crippen MR) is 62.2 cm³/mol. The van der Waals surface area contributed by atoms with Crippen molar-refractivity contribution in [1.29, 1.82) is 0 Å². The lowest BCUT2D eigenvalue weighted by molar-refractivity contribution is 0.0930. The Kier molecular flexibility index (Phi) is 3.02. The summed E-state index contributed by atoms with van der Waals surface area (Å²) in [4.78, 5) is 0. The molecule has 1 aromatic rings. The second kappa shape index (κ2) is 4.09. The van der Waals surface area contributed by atoms with E-state index >= 15 is 0 Å². The van der Waals surface area contributed by atoms with Gasteiger partial charge in [-0.3, -0.25) is 0 Å². The van der Waals surface area contributed by atoms with Crippen LogP contribution < -0.4 is 0 Å². The van der Waals surface area contributed by atoms with E-state index < -0.39 is 12.5 Å². The molecule has 1 aliphatic rings. The Bertz CT molecular complexity index is 423. The van der Waals surface area contributed by atoms with Gasteiger partial charge in [-0.2, -0.15) is 0 Å². The molecule has 1 heterocycles. The van der Waals surface area contributed by atoms with E-state index in [4.69, 9.17) is 0 Å². The van der Waals surface area contributed by atoms with Crippen LogP contribution in [-0.4, -0.2) is 16.1 Å². The van der Waals surface area contributed by atoms with E-state index in [1.54, 1.807) is 4.57 Å². The summed E-state index contributed by atoms with van der Waals surface area (Å²) in [6, 6.07) is 1.84. The zero-order valence-corrected chi connectivity index (χ0v) is 10.5. The molecule has 0 radical (unpaired) electrons. The molecule has 0 saturated heterocycles. The van der Waals surface area contributed by atoms with Crippen LogP contribution in [0.2, 0.25) is 0 Å². The lowest BCUT2D eigenvalue weighted by Crippen LogP contribution is -2.27. The van der Waals surface area contributed by atoms with Gasteiger partial charge in [0.15, 0.2) is 0 Å². The number of aromatic nitrogens is 1. The van der Waals surface area contributed by atoms with Crippen LogP contribution >= 0.6 is 0 Å². The summed E-state index contributed by atoms with van der Waals surface area (Å²) >= 11 is 0. The van der Waals surface area contributed by atoms with Crippen LogP contribution in [0.5, 0.6) is 0 Å². The average Bonchev–Trinajstić information content (AvgIpc) is 2.43. The quantitative estimate of drug-likeness (QED) is 0.848. The molecule has 0 fully saturated rings. The predicted octanol–water partition coefficient (Wildman–Crippen LogP) is 3.07. The highest BCUT2D eigenvalue weighted by atomic mass is 19.3. The minimum Gasteiger partial charge on any atom is -0.388 e. The van der Waals surface area contributed by atoms with Crippen LogP contribution in [0.3, 0.4) is 0 Å². The second-order valence-corrected chi connectivity index (χ2v) is 5.75. The number of fused-ring (bicyclic) bond motifs is 1. The van der Waals surface area contributed by atoms with Crippen molar-refractivity contribution in [3.8, 4) is 0 Å². The van der Waals surface area contributed by atoms with Crippen molar-refractivity contribution in [3.05, 3.63) is 23.0 Å². The number of nitrogens with zero attached hydrogens (tertiary/aromatic N) is 1. The van der Waals surface area contributed by atoms with Crippen molar-refractivity contribution in [1.82, 2.24) is 4.57 Å². The summed E-state index contributed by atoms with van der Waals surface area (Å²) in [6.07, 6.45) is -1.43. The number of alkyl halides is 2. The molecule has 0 bridgehead atoms. The first-order valence-electron chi connectivity index (χ1n) is 5.95. The topological polar surface area (TPSA) is 25.2 Å². The van der Waals surface area contributed by atoms with E-state index in [2.05, 4.69) is 13.8 Å². The molecule has 2 rings (SSSR count). The molecule has 1 atom stereocenters. The standard InChI is InChI=1S/C13H19F2NO/c1-8-4-9-10(16(8)7-12(14)15)5-13(2,3)6-11(9)17/h4,11-12,17H,5-7H2,1-3H3. The molecule has 4 heteroatoms. The highest BCUT2D eigenvalue weighted by molar-refractivity contribution is 5.33. The first-order chi connectivity index (χ1) is 7.80. The van der Waals surface area contributed by atoms with Crippen LogP contribution in [0.25, 0.3) is 0 Å². The van der Waals surface area contributed by atoms with E-state index in [0.717, 1.165) is 23.4 Å². The Labute approximate surface area is 100 Å². The summed E-state index contributed by atoms with van der Waals surface area (Å²) in [6.45, 7) is 5.67. The fourth-order valence-electron chi connectivity index (χ4n) is 2.79. The summed E-state index contributed by atoms with van der Waals surface area (Å²) in [7, 11) is 0. The van der Waals surface area contributed by atoms with Gasteiger partial charge in [0.1, 0.15) is 0 Å². The number of hydrogen-bond acceptors (Lipinski definition) is 1. The number of rotatable bonds is 2. The minimum atomic E-state index is -2.35. The van der Waals surface area contributed by atoms with Gasteiger partial charge in [0, 0.05) is 17.0 Å². The number of aliphatic hydroxyl groups excluding tert-OH is 1. The molecular weight excluding hydrogens is 224 g/mol. The lowest BCUT2D eigenvalue weighted by atomic mass is 9.75. The minimum absolute atomic E-state index is 0.0307. The Morgan fingerprint density at radius 2 is 2.18 bits per heavy atom. The summed E-state index contributed by atoms with van der Waals surface area (Å²) in [5, 5.41) is 10.1. The van der Waals surface area contributed by atoms with Crippen LogP contribution in [0.1, 0.15) is 43.3 Å². The molecule has 1 aromatic heterocycles. The second-order valence-electron chi connectivity index (χ2n) is 5.75. The van der Waals surface area contributed by atoms with Gasteiger partial charge in [0.05, 0.1) is 12.6 Å². The lowest BCUT2D eigenvalue weighted by Gasteiger charge is -2.34. The molecule has 17 heavy (non-hydrogen) atoms. The summed E-state index contributed by atoms with van der Waals surface area (Å²) in [5.74, 6) is 0. The van der Waals surface area contributed by atoms with Crippen molar-refractivity contribution < 1.29 is 13.9 Å². The molecule has 1 unspecified atom stereocenters. The maximum Gasteiger partial charge on any atom is 0.256 e. The number of aliphatic hydroxyl groups is 1. The first-order valence-corrected chi connectivity index (χ1v) is 5.95. The number of halogens is 2. The van der Waals surface area contributed by atoms with Crippen molar-refractivity contribution in [2.24, 2.45) is 5.41 Å². The smallest absolute Gasteiger partial charge is 0.256 e. The largest absolute Gasteiger partial charge is 0.388 e. The summed E-state index contributed by atoms with van der Waals surface area (Å²) < 4.78 is 26.8. The maximum atomic E-state index is 12.6. The van der Waals surface area contributed by atoms with Crippen LogP contribution in [0, 0.1) is 12.3 Å². The number of aryl methyl sites for hydroxylation is 1. The fraction of sp³-hybridized carbons (Fsp3) is 0.692. The van der Waals surface area contributed by atoms with Gasteiger partial charge in [-0.05, 0) is 31.2 Å². The van der Waals surface area contributed by atoms with Crippen LogP contribution in [0.15, 0.2) is 6.07 Å². The molecular formula is C13H19F2NO. The normalized spacial score (nSPS) is 22.9. The van der Waals surface area contributed by atoms with E-state index in [1.165, 1.54) is 0 Å². The van der Waals surface area contributed by atoms with Crippen molar-refractivity contribution in [2.75, 3.05) is 0 Å².